The van der Waals surface area contributed by atoms with Crippen molar-refractivity contribution in [2.24, 2.45) is 5.10 Å². The molecule has 8 nitrogen and oxygen atoms in total. The maximum Gasteiger partial charge on any atom is 0.335 e. The molecule has 0 spiro atoms. The number of carbonyl (C=O) groups is 1. The second-order valence-electron chi connectivity index (χ2n) is 9.53. The van der Waals surface area contributed by atoms with E-state index in [4.69, 9.17) is 19.6 Å². The fourth-order valence-electron chi connectivity index (χ4n) is 3.72. The zero-order valence-electron chi connectivity index (χ0n) is 21.2. The number of rotatable bonds is 7. The maximum atomic E-state index is 13.4. The number of ether oxygens (including phenoxy) is 2. The Balaban J connectivity index is 1.67. The molecule has 0 saturated heterocycles. The minimum Gasteiger partial charge on any atom is -0.493 e. The van der Waals surface area contributed by atoms with Crippen molar-refractivity contribution >= 4 is 54.9 Å². The Morgan fingerprint density at radius 2 is 1.82 bits per heavy atom. The first-order valence-corrected chi connectivity index (χ1v) is 13.2. The Morgan fingerprint density at radius 3 is 2.45 bits per heavy atom. The molecule has 1 N–H and O–H groups in total. The monoisotopic (exact) mass is 641 g/mol. The first-order chi connectivity index (χ1) is 18.0. The van der Waals surface area contributed by atoms with Crippen LogP contribution in [-0.2, 0) is 12.0 Å². The van der Waals surface area contributed by atoms with Crippen LogP contribution in [0.2, 0.25) is 0 Å². The molecule has 0 aliphatic carbocycles. The first kappa shape index (κ1) is 27.5. The first-order valence-electron chi connectivity index (χ1n) is 11.6. The number of methoxy groups -OCH3 is 1. The van der Waals surface area contributed by atoms with Gasteiger partial charge in [-0.15, -0.1) is 0 Å². The number of aromatic carboxylic acids is 1. The highest BCUT2D eigenvalue weighted by Gasteiger charge is 2.23. The number of carboxylic acid groups (broad SMARTS) is 1. The van der Waals surface area contributed by atoms with E-state index in [-0.39, 0.29) is 17.7 Å². The highest BCUT2D eigenvalue weighted by Crippen LogP contribution is 2.37. The van der Waals surface area contributed by atoms with E-state index in [1.165, 1.54) is 23.9 Å². The Labute approximate surface area is 236 Å². The van der Waals surface area contributed by atoms with Gasteiger partial charge in [-0.1, -0.05) is 48.8 Å². The summed E-state index contributed by atoms with van der Waals surface area (Å²) >= 11 is 6.96. The van der Waals surface area contributed by atoms with E-state index in [1.807, 2.05) is 39.0 Å². The number of hydrogen-bond acceptors (Lipinski definition) is 6. The van der Waals surface area contributed by atoms with Gasteiger partial charge in [0.2, 0.25) is 0 Å². The van der Waals surface area contributed by atoms with Gasteiger partial charge in [0.15, 0.2) is 11.5 Å². The van der Waals surface area contributed by atoms with Crippen LogP contribution in [0.4, 0.5) is 0 Å². The summed E-state index contributed by atoms with van der Waals surface area (Å²) in [5, 5.41) is 14.1. The van der Waals surface area contributed by atoms with Gasteiger partial charge in [-0.05, 0) is 69.5 Å². The molecule has 10 heteroatoms. The number of fused-ring (bicyclic) bond motifs is 1. The van der Waals surface area contributed by atoms with Gasteiger partial charge < -0.3 is 14.6 Å². The lowest BCUT2D eigenvalue weighted by Crippen LogP contribution is -2.29. The van der Waals surface area contributed by atoms with Crippen molar-refractivity contribution in [2.75, 3.05) is 7.11 Å². The third-order valence-corrected chi connectivity index (χ3v) is 6.72. The third kappa shape index (κ3) is 5.97. The maximum absolute atomic E-state index is 13.4. The molecule has 1 aromatic heterocycles. The number of nitrogens with zero attached hydrogens (tertiary/aromatic N) is 3. The van der Waals surface area contributed by atoms with Crippen LogP contribution in [-0.4, -0.2) is 34.1 Å². The predicted octanol–water partition coefficient (Wildman–Crippen LogP) is 6.39. The van der Waals surface area contributed by atoms with Gasteiger partial charge in [-0.25, -0.2) is 9.78 Å². The van der Waals surface area contributed by atoms with E-state index >= 15 is 0 Å². The summed E-state index contributed by atoms with van der Waals surface area (Å²) in [6, 6.07) is 15.4. The van der Waals surface area contributed by atoms with E-state index in [0.29, 0.717) is 38.3 Å². The zero-order chi connectivity index (χ0) is 27.6. The molecule has 38 heavy (non-hydrogen) atoms. The van der Waals surface area contributed by atoms with Crippen molar-refractivity contribution in [1.82, 2.24) is 9.66 Å². The van der Waals surface area contributed by atoms with Gasteiger partial charge in [-0.3, -0.25) is 4.79 Å². The molecule has 0 aliphatic heterocycles. The summed E-state index contributed by atoms with van der Waals surface area (Å²) in [4.78, 5) is 29.2. The van der Waals surface area contributed by atoms with Crippen molar-refractivity contribution in [2.45, 2.75) is 32.8 Å². The third-order valence-electron chi connectivity index (χ3n) is 5.64. The molecule has 1 heterocycles. The lowest BCUT2D eigenvalue weighted by molar-refractivity contribution is 0.0697. The van der Waals surface area contributed by atoms with Crippen LogP contribution in [0.25, 0.3) is 10.9 Å². The van der Waals surface area contributed by atoms with Gasteiger partial charge >= 0.3 is 5.97 Å². The van der Waals surface area contributed by atoms with Crippen LogP contribution in [0.15, 0.2) is 73.4 Å². The van der Waals surface area contributed by atoms with Crippen molar-refractivity contribution in [3.8, 4) is 11.5 Å². The SMILES string of the molecule is COc1cc(C=Nn2c(C(C)(C)C)nc3ccc(Br)cc3c2=O)cc(Br)c1OCc1ccc(C(=O)O)cc1. The molecule has 4 aromatic rings. The van der Waals surface area contributed by atoms with Crippen molar-refractivity contribution < 1.29 is 19.4 Å². The molecule has 0 fully saturated rings. The fourth-order valence-corrected chi connectivity index (χ4v) is 4.65. The minimum absolute atomic E-state index is 0.208. The van der Waals surface area contributed by atoms with E-state index in [2.05, 4.69) is 37.0 Å². The molecule has 4 rings (SSSR count). The topological polar surface area (TPSA) is 103 Å². The molecule has 0 amide bonds. The molecule has 0 unspecified atom stereocenters. The van der Waals surface area contributed by atoms with Gasteiger partial charge in [0.1, 0.15) is 12.4 Å². The molecular weight excluding hydrogens is 618 g/mol. The van der Waals surface area contributed by atoms with Crippen LogP contribution in [0.5, 0.6) is 11.5 Å². The molecule has 196 valence electrons. The highest BCUT2D eigenvalue weighted by molar-refractivity contribution is 9.10. The van der Waals surface area contributed by atoms with E-state index < -0.39 is 11.4 Å². The van der Waals surface area contributed by atoms with Gasteiger partial charge in [-0.2, -0.15) is 9.78 Å². The number of hydrogen-bond donors (Lipinski definition) is 1. The highest BCUT2D eigenvalue weighted by atomic mass is 79.9. The Bertz CT molecular complexity index is 1610. The lowest BCUT2D eigenvalue weighted by Gasteiger charge is -2.21. The van der Waals surface area contributed by atoms with E-state index in [0.717, 1.165) is 10.0 Å². The summed E-state index contributed by atoms with van der Waals surface area (Å²) in [6.07, 6.45) is 1.57. The molecule has 3 aromatic carbocycles. The Hall–Kier alpha value is -3.50. The average molecular weight is 643 g/mol. The van der Waals surface area contributed by atoms with Gasteiger partial charge in [0.25, 0.3) is 5.56 Å². The Morgan fingerprint density at radius 1 is 1.11 bits per heavy atom. The smallest absolute Gasteiger partial charge is 0.335 e. The molecule has 0 radical (unpaired) electrons. The normalized spacial score (nSPS) is 11.7. The van der Waals surface area contributed by atoms with Crippen LogP contribution in [0.3, 0.4) is 0 Å². The van der Waals surface area contributed by atoms with Crippen molar-refractivity contribution in [3.05, 3.63) is 96.4 Å². The molecule has 0 bridgehead atoms. The largest absolute Gasteiger partial charge is 0.493 e. The van der Waals surface area contributed by atoms with Crippen LogP contribution >= 0.6 is 31.9 Å². The molecule has 0 saturated carbocycles. The molecular formula is C28H25Br2N3O5. The van der Waals surface area contributed by atoms with E-state index in [9.17, 15) is 9.59 Å². The number of halogens is 2. The van der Waals surface area contributed by atoms with E-state index in [1.54, 1.807) is 30.5 Å². The predicted molar refractivity (Wildman–Crippen MR) is 154 cm³/mol. The number of benzene rings is 3. The minimum atomic E-state index is -0.983. The molecule has 0 aliphatic rings. The van der Waals surface area contributed by atoms with Gasteiger partial charge in [0.05, 0.1) is 34.3 Å². The number of aromatic nitrogens is 2. The summed E-state index contributed by atoms with van der Waals surface area (Å²) in [5.41, 5.74) is 1.60. The van der Waals surface area contributed by atoms with Crippen LogP contribution in [0.1, 0.15) is 48.1 Å². The number of carboxylic acids is 1. The van der Waals surface area contributed by atoms with Gasteiger partial charge in [0, 0.05) is 9.89 Å². The summed E-state index contributed by atoms with van der Waals surface area (Å²) in [5.74, 6) is 0.500. The quantitative estimate of drug-likeness (QED) is 0.235. The lowest BCUT2D eigenvalue weighted by atomic mass is 9.95. The fraction of sp³-hybridized carbons (Fsp3) is 0.214. The summed E-state index contributed by atoms with van der Waals surface area (Å²) < 4.78 is 14.3. The zero-order valence-corrected chi connectivity index (χ0v) is 24.3. The van der Waals surface area contributed by atoms with Crippen LogP contribution < -0.4 is 15.0 Å². The molecule has 0 atom stereocenters. The second-order valence-corrected chi connectivity index (χ2v) is 11.3. The Kier molecular flexibility index (Phi) is 8.03. The van der Waals surface area contributed by atoms with Crippen LogP contribution in [0, 0.1) is 0 Å². The van der Waals surface area contributed by atoms with Crippen molar-refractivity contribution in [3.63, 3.8) is 0 Å². The van der Waals surface area contributed by atoms with Crippen molar-refractivity contribution in [1.29, 1.82) is 0 Å². The summed E-state index contributed by atoms with van der Waals surface area (Å²) in [7, 11) is 1.53. The second kappa shape index (κ2) is 11.1. The summed E-state index contributed by atoms with van der Waals surface area (Å²) in [6.45, 7) is 6.15. The average Bonchev–Trinajstić information content (AvgIpc) is 2.87. The standard InChI is InChI=1S/C28H25Br2N3O5/c1-28(2,3)27-32-22-10-9-19(29)13-20(22)25(34)33(27)31-14-17-11-21(30)24(23(12-17)37-4)38-15-16-5-7-18(8-6-16)26(35)36/h5-14H,15H2,1-4H3,(H,35,36).